The van der Waals surface area contributed by atoms with Crippen molar-refractivity contribution in [2.24, 2.45) is 0 Å². The number of ether oxygens (including phenoxy) is 1. The maximum absolute atomic E-state index is 5.78. The molecule has 1 saturated heterocycles. The second kappa shape index (κ2) is 7.49. The smallest absolute Gasteiger partial charge is 0.204 e. The van der Waals surface area contributed by atoms with Crippen molar-refractivity contribution in [2.45, 2.75) is 19.7 Å². The summed E-state index contributed by atoms with van der Waals surface area (Å²) in [5.41, 5.74) is 2.00. The summed E-state index contributed by atoms with van der Waals surface area (Å²) in [6.45, 7) is 5.26. The van der Waals surface area contributed by atoms with Gasteiger partial charge in [-0.15, -0.1) is 5.10 Å². The molecule has 0 unspecified atom stereocenters. The molecule has 134 valence electrons. The quantitative estimate of drug-likeness (QED) is 0.663. The third kappa shape index (κ3) is 3.46. The molecule has 1 aromatic carbocycles. The highest BCUT2D eigenvalue weighted by molar-refractivity contribution is 7.71. The van der Waals surface area contributed by atoms with E-state index >= 15 is 0 Å². The lowest BCUT2D eigenvalue weighted by Gasteiger charge is -2.30. The maximum Gasteiger partial charge on any atom is 0.204 e. The highest BCUT2D eigenvalue weighted by atomic mass is 32.1. The minimum atomic E-state index is 0.230. The zero-order chi connectivity index (χ0) is 17.9. The Morgan fingerprint density at radius 3 is 2.65 bits per heavy atom. The van der Waals surface area contributed by atoms with Crippen molar-refractivity contribution >= 4 is 12.2 Å². The molecule has 0 spiro atoms. The number of morpholine rings is 1. The average Bonchev–Trinajstić information content (AvgIpc) is 2.99. The lowest BCUT2D eigenvalue weighted by atomic mass is 10.2. The minimum absolute atomic E-state index is 0.230. The van der Waals surface area contributed by atoms with Crippen LogP contribution in [-0.2, 0) is 11.4 Å². The van der Waals surface area contributed by atoms with Crippen molar-refractivity contribution in [2.75, 3.05) is 19.7 Å². The number of hydrogen-bond acceptors (Lipinski definition) is 5. The molecule has 0 bridgehead atoms. The Kier molecular flexibility index (Phi) is 4.92. The predicted octanol–water partition coefficient (Wildman–Crippen LogP) is 3.14. The van der Waals surface area contributed by atoms with Crippen LogP contribution in [0.2, 0.25) is 0 Å². The number of pyridine rings is 1. The van der Waals surface area contributed by atoms with Gasteiger partial charge >= 0.3 is 0 Å². The molecule has 0 amide bonds. The summed E-state index contributed by atoms with van der Waals surface area (Å²) in [7, 11) is 0. The topological polar surface area (TPSA) is 48.1 Å². The van der Waals surface area contributed by atoms with Gasteiger partial charge in [0.2, 0.25) is 4.77 Å². The fourth-order valence-electron chi connectivity index (χ4n) is 3.21. The molecule has 1 aliphatic heterocycles. The molecule has 7 heteroatoms. The molecule has 4 rings (SSSR count). The van der Waals surface area contributed by atoms with E-state index in [4.69, 9.17) is 22.1 Å². The number of hydrogen-bond donors (Lipinski definition) is 0. The van der Waals surface area contributed by atoms with E-state index < -0.39 is 0 Å². The van der Waals surface area contributed by atoms with Crippen LogP contribution >= 0.6 is 12.2 Å². The molecule has 0 N–H and O–H groups in total. The Balaban J connectivity index is 1.77. The van der Waals surface area contributed by atoms with Gasteiger partial charge in [-0.25, -0.2) is 4.68 Å². The summed E-state index contributed by atoms with van der Waals surface area (Å²) in [6, 6.07) is 14.0. The third-order valence-corrected chi connectivity index (χ3v) is 4.84. The first-order valence-corrected chi connectivity index (χ1v) is 9.13. The summed E-state index contributed by atoms with van der Waals surface area (Å²) in [4.78, 5) is 6.43. The zero-order valence-corrected chi connectivity index (χ0v) is 15.5. The van der Waals surface area contributed by atoms with Crippen LogP contribution in [0.1, 0.15) is 6.92 Å². The van der Waals surface area contributed by atoms with Gasteiger partial charge < -0.3 is 4.74 Å². The highest BCUT2D eigenvalue weighted by Crippen LogP contribution is 2.22. The largest absolute Gasteiger partial charge is 0.376 e. The van der Waals surface area contributed by atoms with Crippen molar-refractivity contribution in [3.63, 3.8) is 0 Å². The molecule has 0 aliphatic carbocycles. The van der Waals surface area contributed by atoms with Crippen molar-refractivity contribution in [1.82, 2.24) is 24.2 Å². The Morgan fingerprint density at radius 1 is 1.15 bits per heavy atom. The zero-order valence-electron chi connectivity index (χ0n) is 14.7. The van der Waals surface area contributed by atoms with Crippen molar-refractivity contribution in [3.8, 4) is 17.1 Å². The molecule has 3 heterocycles. The van der Waals surface area contributed by atoms with Gasteiger partial charge in [-0.3, -0.25) is 14.5 Å². The number of nitrogens with zero attached hydrogens (tertiary/aromatic N) is 5. The van der Waals surface area contributed by atoms with Crippen molar-refractivity contribution in [3.05, 3.63) is 59.6 Å². The standard InChI is InChI=1S/C19H21N5OS/c1-15-13-22(11-12-25-15)14-23-19(26)24(17-5-3-2-4-6-17)18(21-23)16-7-9-20-10-8-16/h2-10,15H,11-14H2,1H3/t15-/m0/s1. The molecule has 26 heavy (non-hydrogen) atoms. The Bertz CT molecular complexity index is 922. The normalized spacial score (nSPS) is 18.1. The summed E-state index contributed by atoms with van der Waals surface area (Å²) in [6.07, 6.45) is 3.78. The van der Waals surface area contributed by atoms with Crippen molar-refractivity contribution in [1.29, 1.82) is 0 Å². The van der Waals surface area contributed by atoms with Gasteiger partial charge in [0.15, 0.2) is 5.82 Å². The van der Waals surface area contributed by atoms with Crippen LogP contribution in [0, 0.1) is 4.77 Å². The molecule has 2 aromatic heterocycles. The first-order chi connectivity index (χ1) is 12.7. The molecule has 1 aliphatic rings. The molecule has 1 atom stereocenters. The number of aromatic nitrogens is 4. The van der Waals surface area contributed by atoms with Crippen LogP contribution in [-0.4, -0.2) is 50.0 Å². The number of benzene rings is 1. The van der Waals surface area contributed by atoms with E-state index in [-0.39, 0.29) is 6.10 Å². The number of rotatable bonds is 4. The van der Waals surface area contributed by atoms with Gasteiger partial charge in [0.25, 0.3) is 0 Å². The van der Waals surface area contributed by atoms with E-state index in [9.17, 15) is 0 Å². The van der Waals surface area contributed by atoms with Gasteiger partial charge in [0.1, 0.15) is 0 Å². The van der Waals surface area contributed by atoms with Crippen LogP contribution in [0.4, 0.5) is 0 Å². The monoisotopic (exact) mass is 367 g/mol. The molecule has 3 aromatic rings. The highest BCUT2D eigenvalue weighted by Gasteiger charge is 2.20. The van der Waals surface area contributed by atoms with Gasteiger partial charge in [0, 0.05) is 36.7 Å². The lowest BCUT2D eigenvalue weighted by molar-refractivity contribution is -0.0306. The first kappa shape index (κ1) is 17.1. The second-order valence-corrected chi connectivity index (χ2v) is 6.78. The summed E-state index contributed by atoms with van der Waals surface area (Å²) < 4.78 is 10.2. The van der Waals surface area contributed by atoms with Gasteiger partial charge in [0.05, 0.1) is 19.4 Å². The van der Waals surface area contributed by atoms with E-state index in [1.807, 2.05) is 51.7 Å². The van der Waals surface area contributed by atoms with E-state index in [1.54, 1.807) is 12.4 Å². The number of para-hydroxylation sites is 1. The average molecular weight is 367 g/mol. The summed E-state index contributed by atoms with van der Waals surface area (Å²) in [5, 5.41) is 4.84. The Labute approximate surface area is 157 Å². The van der Waals surface area contributed by atoms with Crippen LogP contribution in [0.5, 0.6) is 0 Å². The minimum Gasteiger partial charge on any atom is -0.376 e. The van der Waals surface area contributed by atoms with Crippen LogP contribution in [0.15, 0.2) is 54.9 Å². The molecule has 0 radical (unpaired) electrons. The third-order valence-electron chi connectivity index (χ3n) is 4.45. The van der Waals surface area contributed by atoms with Crippen LogP contribution in [0.25, 0.3) is 17.1 Å². The molecular weight excluding hydrogens is 346 g/mol. The van der Waals surface area contributed by atoms with E-state index in [0.29, 0.717) is 11.4 Å². The van der Waals surface area contributed by atoms with Gasteiger partial charge in [-0.05, 0) is 43.4 Å². The maximum atomic E-state index is 5.78. The van der Waals surface area contributed by atoms with Crippen molar-refractivity contribution < 1.29 is 4.74 Å². The van der Waals surface area contributed by atoms with Gasteiger partial charge in [-0.2, -0.15) is 0 Å². The van der Waals surface area contributed by atoms with E-state index in [0.717, 1.165) is 36.8 Å². The SMILES string of the molecule is C[C@H]1CN(Cn2nc(-c3ccncc3)n(-c3ccccc3)c2=S)CCO1. The molecule has 0 saturated carbocycles. The summed E-state index contributed by atoms with van der Waals surface area (Å²) >= 11 is 5.78. The second-order valence-electron chi connectivity index (χ2n) is 6.41. The van der Waals surface area contributed by atoms with Crippen LogP contribution in [0.3, 0.4) is 0 Å². The Morgan fingerprint density at radius 2 is 1.92 bits per heavy atom. The van der Waals surface area contributed by atoms with E-state index in [2.05, 4.69) is 16.8 Å². The predicted molar refractivity (Wildman–Crippen MR) is 103 cm³/mol. The van der Waals surface area contributed by atoms with Gasteiger partial charge in [-0.1, -0.05) is 18.2 Å². The lowest BCUT2D eigenvalue weighted by Crippen LogP contribution is -2.42. The molecule has 6 nitrogen and oxygen atoms in total. The Hall–Kier alpha value is -2.35. The first-order valence-electron chi connectivity index (χ1n) is 8.72. The molecule has 1 fully saturated rings. The van der Waals surface area contributed by atoms with Crippen LogP contribution < -0.4 is 0 Å². The van der Waals surface area contributed by atoms with E-state index in [1.165, 1.54) is 0 Å². The summed E-state index contributed by atoms with van der Waals surface area (Å²) in [5.74, 6) is 0.824. The fraction of sp³-hybridized carbons (Fsp3) is 0.316. The fourth-order valence-corrected chi connectivity index (χ4v) is 3.50. The molecular formula is C19H21N5OS.